The fourth-order valence-corrected chi connectivity index (χ4v) is 6.12. The number of carbonyl (C=O) groups excluding carboxylic acids is 1. The highest BCUT2D eigenvalue weighted by atomic mass is 16.5. The fraction of sp³-hybridized carbons (Fsp3) is 0.241. The topological polar surface area (TPSA) is 139 Å². The van der Waals surface area contributed by atoms with Crippen molar-refractivity contribution in [3.8, 4) is 28.7 Å². The van der Waals surface area contributed by atoms with Crippen LogP contribution in [0.15, 0.2) is 39.5 Å². The van der Waals surface area contributed by atoms with Gasteiger partial charge in [0.1, 0.15) is 28.2 Å². The first-order chi connectivity index (χ1) is 18.7. The quantitative estimate of drug-likeness (QED) is 0.175. The average Bonchev–Trinajstić information content (AvgIpc) is 3.31. The van der Waals surface area contributed by atoms with Crippen molar-refractivity contribution >= 4 is 49.4 Å². The van der Waals surface area contributed by atoms with Gasteiger partial charge in [-0.3, -0.25) is 9.59 Å². The number of hydrogen-bond donors (Lipinski definition) is 3. The van der Waals surface area contributed by atoms with Crippen LogP contribution in [0.4, 0.5) is 0 Å². The number of rotatable bonds is 2. The second-order valence-corrected chi connectivity index (χ2v) is 10.0. The van der Waals surface area contributed by atoms with Crippen LogP contribution in [0.5, 0.6) is 28.7 Å². The number of ether oxygens (including phenoxy) is 3. The number of methoxy groups -OCH3 is 2. The van der Waals surface area contributed by atoms with Crippen LogP contribution < -0.4 is 14.9 Å². The molecule has 7 rings (SSSR count). The van der Waals surface area contributed by atoms with Crippen LogP contribution in [0.3, 0.4) is 0 Å². The molecule has 10 nitrogen and oxygen atoms in total. The summed E-state index contributed by atoms with van der Waals surface area (Å²) >= 11 is 0. The highest BCUT2D eigenvalue weighted by molar-refractivity contribution is 6.23. The highest BCUT2D eigenvalue weighted by Gasteiger charge is 2.47. The lowest BCUT2D eigenvalue weighted by Gasteiger charge is -2.39. The molecule has 4 aromatic carbocycles. The van der Waals surface area contributed by atoms with Gasteiger partial charge in [0.05, 0.1) is 31.8 Å². The molecule has 1 aromatic heterocycles. The van der Waals surface area contributed by atoms with E-state index in [1.54, 1.807) is 23.1 Å². The molecular formula is C29H23NO9. The minimum absolute atomic E-state index is 0.0312. The van der Waals surface area contributed by atoms with Gasteiger partial charge in [0, 0.05) is 35.2 Å². The largest absolute Gasteiger partial charge is 0.506 e. The molecule has 3 N–H and O–H groups in total. The third-order valence-corrected chi connectivity index (χ3v) is 7.98. The monoisotopic (exact) mass is 529 g/mol. The van der Waals surface area contributed by atoms with Crippen LogP contribution in [0.2, 0.25) is 0 Å². The summed E-state index contributed by atoms with van der Waals surface area (Å²) < 4.78 is 22.4. The fourth-order valence-electron chi connectivity index (χ4n) is 6.12. The first-order valence-electron chi connectivity index (χ1n) is 12.3. The number of hydrogen-bond acceptors (Lipinski definition) is 9. The number of phenolic OH excluding ortho intramolecular Hbond substituents is 3. The molecule has 0 unspecified atom stereocenters. The summed E-state index contributed by atoms with van der Waals surface area (Å²) in [6.07, 6.45) is 0.380. The Balaban J connectivity index is 1.61. The van der Waals surface area contributed by atoms with Crippen LogP contribution in [0.1, 0.15) is 22.8 Å². The second kappa shape index (κ2) is 7.67. The standard InChI is InChI=1S/C29H23NO9/c1-29-11-13-8-12-4-5-14-21(19(12)25(33)20(13)28(35)30(29)6-7-38-29)26(34)22-23(31)15-9-17(36-2)18(37-3)10-16(15)39-27(22)24(14)32/h4-5,8-10,32-34H,6-7,11H2,1-3H3/t29-/m1/s1. The number of fused-ring (bicyclic) bond motifs is 7. The zero-order valence-electron chi connectivity index (χ0n) is 21.2. The summed E-state index contributed by atoms with van der Waals surface area (Å²) in [5, 5.41) is 35.0. The summed E-state index contributed by atoms with van der Waals surface area (Å²) in [7, 11) is 2.87. The maximum atomic E-state index is 13.7. The van der Waals surface area contributed by atoms with Gasteiger partial charge in [-0.1, -0.05) is 6.07 Å². The molecule has 1 fully saturated rings. The molecule has 0 aliphatic carbocycles. The summed E-state index contributed by atoms with van der Waals surface area (Å²) in [6, 6.07) is 7.92. The number of amides is 1. The normalized spacial score (nSPS) is 18.7. The minimum atomic E-state index is -0.804. The second-order valence-electron chi connectivity index (χ2n) is 10.0. The van der Waals surface area contributed by atoms with Crippen molar-refractivity contribution in [2.75, 3.05) is 27.4 Å². The van der Waals surface area contributed by atoms with Gasteiger partial charge < -0.3 is 38.8 Å². The summed E-state index contributed by atoms with van der Waals surface area (Å²) in [6.45, 7) is 2.62. The van der Waals surface area contributed by atoms with E-state index in [1.165, 1.54) is 26.4 Å². The number of benzene rings is 4. The maximum absolute atomic E-state index is 13.7. The number of phenols is 3. The van der Waals surface area contributed by atoms with E-state index in [9.17, 15) is 24.9 Å². The molecule has 1 saturated heterocycles. The number of carbonyl (C=O) groups is 1. The van der Waals surface area contributed by atoms with Gasteiger partial charge >= 0.3 is 0 Å². The molecule has 10 heteroatoms. The van der Waals surface area contributed by atoms with Gasteiger partial charge in [0.15, 0.2) is 22.8 Å². The predicted octanol–water partition coefficient (Wildman–Crippen LogP) is 4.13. The Bertz CT molecular complexity index is 1990. The molecule has 198 valence electrons. The Morgan fingerprint density at radius 2 is 1.64 bits per heavy atom. The summed E-state index contributed by atoms with van der Waals surface area (Å²) in [5.41, 5.74) is -0.791. The lowest BCUT2D eigenvalue weighted by molar-refractivity contribution is -0.0568. The van der Waals surface area contributed by atoms with Gasteiger partial charge in [-0.05, 0) is 36.1 Å². The minimum Gasteiger partial charge on any atom is -0.506 e. The zero-order valence-corrected chi connectivity index (χ0v) is 21.2. The maximum Gasteiger partial charge on any atom is 0.260 e. The molecule has 1 atom stereocenters. The molecule has 3 heterocycles. The highest BCUT2D eigenvalue weighted by Crippen LogP contribution is 2.49. The first-order valence-corrected chi connectivity index (χ1v) is 12.3. The van der Waals surface area contributed by atoms with Crippen molar-refractivity contribution < 1.29 is 38.7 Å². The van der Waals surface area contributed by atoms with E-state index in [0.29, 0.717) is 36.3 Å². The third-order valence-electron chi connectivity index (χ3n) is 7.98. The van der Waals surface area contributed by atoms with Crippen molar-refractivity contribution in [1.29, 1.82) is 0 Å². The van der Waals surface area contributed by atoms with Crippen LogP contribution in [0.25, 0.3) is 43.5 Å². The van der Waals surface area contributed by atoms with E-state index in [4.69, 9.17) is 18.6 Å². The van der Waals surface area contributed by atoms with E-state index >= 15 is 0 Å². The zero-order chi connectivity index (χ0) is 27.4. The SMILES string of the molecule is COc1cc2oc3c(O)c4ccc5cc6c(c(O)c5c4c(O)c3c(=O)c2cc1OC)C(=O)N1CCO[C@]1(C)C6. The third kappa shape index (κ3) is 2.89. The van der Waals surface area contributed by atoms with Crippen LogP contribution >= 0.6 is 0 Å². The van der Waals surface area contributed by atoms with Crippen molar-refractivity contribution in [3.05, 3.63) is 51.7 Å². The molecule has 0 radical (unpaired) electrons. The van der Waals surface area contributed by atoms with Gasteiger partial charge in [0.2, 0.25) is 5.43 Å². The Kier molecular flexibility index (Phi) is 4.61. The van der Waals surface area contributed by atoms with Crippen molar-refractivity contribution in [3.63, 3.8) is 0 Å². The summed E-state index contributed by atoms with van der Waals surface area (Å²) in [4.78, 5) is 28.7. The van der Waals surface area contributed by atoms with E-state index < -0.39 is 22.7 Å². The number of aromatic hydroxyl groups is 3. The average molecular weight is 530 g/mol. The van der Waals surface area contributed by atoms with E-state index in [1.807, 2.05) is 6.92 Å². The van der Waals surface area contributed by atoms with Crippen molar-refractivity contribution in [2.24, 2.45) is 0 Å². The Morgan fingerprint density at radius 3 is 2.38 bits per heavy atom. The molecular weight excluding hydrogens is 506 g/mol. The van der Waals surface area contributed by atoms with E-state index in [-0.39, 0.29) is 61.1 Å². The Labute approximate surface area is 220 Å². The molecule has 0 saturated carbocycles. The van der Waals surface area contributed by atoms with Gasteiger partial charge in [-0.15, -0.1) is 0 Å². The molecule has 1 amide bonds. The summed E-state index contributed by atoms with van der Waals surface area (Å²) in [5.74, 6) is -0.991. The molecule has 2 aliphatic rings. The smallest absolute Gasteiger partial charge is 0.260 e. The Morgan fingerprint density at radius 1 is 0.897 bits per heavy atom. The van der Waals surface area contributed by atoms with Crippen LogP contribution in [-0.2, 0) is 11.2 Å². The molecule has 5 aromatic rings. The van der Waals surface area contributed by atoms with Gasteiger partial charge in [-0.2, -0.15) is 0 Å². The van der Waals surface area contributed by atoms with Crippen LogP contribution in [-0.4, -0.2) is 59.2 Å². The molecule has 0 bridgehead atoms. The molecule has 0 spiro atoms. The lowest BCUT2D eigenvalue weighted by Crippen LogP contribution is -2.51. The molecule has 2 aliphatic heterocycles. The van der Waals surface area contributed by atoms with Crippen molar-refractivity contribution in [2.45, 2.75) is 19.1 Å². The van der Waals surface area contributed by atoms with E-state index in [0.717, 1.165) is 0 Å². The van der Waals surface area contributed by atoms with Gasteiger partial charge in [0.25, 0.3) is 5.91 Å². The number of nitrogens with zero attached hydrogens (tertiary/aromatic N) is 1. The predicted molar refractivity (Wildman–Crippen MR) is 142 cm³/mol. The Hall–Kier alpha value is -4.70. The molecule has 39 heavy (non-hydrogen) atoms. The van der Waals surface area contributed by atoms with Crippen molar-refractivity contribution in [1.82, 2.24) is 4.90 Å². The van der Waals surface area contributed by atoms with Gasteiger partial charge in [-0.25, -0.2) is 0 Å². The van der Waals surface area contributed by atoms with Crippen LogP contribution in [0, 0.1) is 0 Å². The van der Waals surface area contributed by atoms with E-state index in [2.05, 4.69) is 0 Å². The lowest BCUT2D eigenvalue weighted by atomic mass is 9.87. The first kappa shape index (κ1) is 23.4.